The van der Waals surface area contributed by atoms with Crippen LogP contribution >= 0.6 is 23.2 Å². The summed E-state index contributed by atoms with van der Waals surface area (Å²) in [4.78, 5) is 29.0. The van der Waals surface area contributed by atoms with Crippen molar-refractivity contribution in [3.8, 4) is 0 Å². The quantitative estimate of drug-likeness (QED) is 0.757. The summed E-state index contributed by atoms with van der Waals surface area (Å²) < 4.78 is 0. The molecule has 0 aromatic heterocycles. The summed E-state index contributed by atoms with van der Waals surface area (Å²) in [5.74, 6) is -0.356. The van der Waals surface area contributed by atoms with Gasteiger partial charge in [0.05, 0.1) is 10.6 Å². The number of anilines is 1. The van der Waals surface area contributed by atoms with Crippen LogP contribution in [0.1, 0.15) is 28.4 Å². The van der Waals surface area contributed by atoms with Crippen molar-refractivity contribution in [1.29, 1.82) is 0 Å². The molecule has 1 heterocycles. The summed E-state index contributed by atoms with van der Waals surface area (Å²) in [6, 6.07) is 10.2. The number of carbonyl (C=O) groups excluding carboxylic acids is 2. The summed E-state index contributed by atoms with van der Waals surface area (Å²) in [7, 11) is 0. The first kappa shape index (κ1) is 18.7. The maximum Gasteiger partial charge on any atom is 0.256 e. The van der Waals surface area contributed by atoms with Crippen LogP contribution in [-0.4, -0.2) is 35.8 Å². The van der Waals surface area contributed by atoms with Gasteiger partial charge in [0.15, 0.2) is 0 Å². The standard InChI is InChI=1S/C20H20Cl2N2O2/c1-12-4-6-16(10-13(12)2)24-9-8-23(14(3)19(24)25)20(26)17-7-5-15(21)11-18(17)22/h4-7,10-11,14H,8-9H2,1-3H3/t14-/m0/s1. The van der Waals surface area contributed by atoms with Gasteiger partial charge < -0.3 is 9.80 Å². The van der Waals surface area contributed by atoms with E-state index in [-0.39, 0.29) is 11.8 Å². The Bertz CT molecular complexity index is 882. The van der Waals surface area contributed by atoms with E-state index in [2.05, 4.69) is 0 Å². The van der Waals surface area contributed by atoms with E-state index in [9.17, 15) is 9.59 Å². The molecule has 4 nitrogen and oxygen atoms in total. The number of rotatable bonds is 2. The molecule has 0 N–H and O–H groups in total. The molecule has 1 aliphatic heterocycles. The highest BCUT2D eigenvalue weighted by Gasteiger charge is 2.36. The van der Waals surface area contributed by atoms with E-state index in [1.807, 2.05) is 32.0 Å². The van der Waals surface area contributed by atoms with Gasteiger partial charge in [-0.3, -0.25) is 9.59 Å². The van der Waals surface area contributed by atoms with Gasteiger partial charge in [-0.25, -0.2) is 0 Å². The fourth-order valence-electron chi connectivity index (χ4n) is 3.12. The predicted molar refractivity (Wildman–Crippen MR) is 105 cm³/mol. The first-order valence-electron chi connectivity index (χ1n) is 8.44. The zero-order valence-corrected chi connectivity index (χ0v) is 16.4. The number of hydrogen-bond acceptors (Lipinski definition) is 2. The van der Waals surface area contributed by atoms with Crippen LogP contribution in [0.25, 0.3) is 0 Å². The third-order valence-electron chi connectivity index (χ3n) is 4.88. The molecular weight excluding hydrogens is 371 g/mol. The van der Waals surface area contributed by atoms with Gasteiger partial charge in [0.25, 0.3) is 5.91 Å². The van der Waals surface area contributed by atoms with E-state index in [1.165, 1.54) is 11.6 Å². The van der Waals surface area contributed by atoms with Gasteiger partial charge in [0.2, 0.25) is 5.91 Å². The fraction of sp³-hybridized carbons (Fsp3) is 0.300. The highest BCUT2D eigenvalue weighted by atomic mass is 35.5. The number of piperazine rings is 1. The molecule has 2 amide bonds. The van der Waals surface area contributed by atoms with Crippen molar-refractivity contribution >= 4 is 40.7 Å². The van der Waals surface area contributed by atoms with E-state index in [4.69, 9.17) is 23.2 Å². The number of carbonyl (C=O) groups is 2. The summed E-state index contributed by atoms with van der Waals surface area (Å²) in [6.45, 7) is 6.70. The molecule has 6 heteroatoms. The minimum atomic E-state index is -0.565. The highest BCUT2D eigenvalue weighted by Crippen LogP contribution is 2.27. The van der Waals surface area contributed by atoms with Crippen molar-refractivity contribution in [2.45, 2.75) is 26.8 Å². The third-order valence-corrected chi connectivity index (χ3v) is 5.43. The molecule has 0 unspecified atom stereocenters. The molecule has 0 aliphatic carbocycles. The highest BCUT2D eigenvalue weighted by molar-refractivity contribution is 6.36. The summed E-state index contributed by atoms with van der Waals surface area (Å²) in [5.41, 5.74) is 3.53. The van der Waals surface area contributed by atoms with Crippen molar-refractivity contribution in [3.05, 3.63) is 63.1 Å². The molecule has 1 atom stereocenters. The lowest BCUT2D eigenvalue weighted by molar-refractivity contribution is -0.124. The molecule has 0 bridgehead atoms. The van der Waals surface area contributed by atoms with Gasteiger partial charge in [-0.2, -0.15) is 0 Å². The molecule has 26 heavy (non-hydrogen) atoms. The molecule has 1 fully saturated rings. The molecule has 0 saturated carbocycles. The first-order chi connectivity index (χ1) is 12.3. The third kappa shape index (κ3) is 3.44. The maximum atomic E-state index is 12.9. The predicted octanol–water partition coefficient (Wildman–Crippen LogP) is 4.49. The molecule has 1 aliphatic rings. The second kappa shape index (κ2) is 7.29. The number of benzene rings is 2. The van der Waals surface area contributed by atoms with E-state index in [0.29, 0.717) is 28.7 Å². The number of aryl methyl sites for hydroxylation is 2. The Balaban J connectivity index is 1.83. The Kier molecular flexibility index (Phi) is 5.26. The van der Waals surface area contributed by atoms with Crippen LogP contribution in [0.3, 0.4) is 0 Å². The molecule has 0 radical (unpaired) electrons. The average Bonchev–Trinajstić information content (AvgIpc) is 2.59. The molecule has 2 aromatic rings. The second-order valence-corrected chi connectivity index (χ2v) is 7.40. The van der Waals surface area contributed by atoms with Gasteiger partial charge in [0, 0.05) is 23.8 Å². The van der Waals surface area contributed by atoms with Gasteiger partial charge in [0.1, 0.15) is 6.04 Å². The Labute approximate surface area is 163 Å². The van der Waals surface area contributed by atoms with Crippen molar-refractivity contribution < 1.29 is 9.59 Å². The van der Waals surface area contributed by atoms with E-state index in [1.54, 1.807) is 28.9 Å². The minimum absolute atomic E-state index is 0.0991. The molecular formula is C20H20Cl2N2O2. The SMILES string of the molecule is Cc1ccc(N2CCN(C(=O)c3ccc(Cl)cc3Cl)[C@@H](C)C2=O)cc1C. The van der Waals surface area contributed by atoms with Crippen LogP contribution in [0.4, 0.5) is 5.69 Å². The zero-order valence-electron chi connectivity index (χ0n) is 14.9. The topological polar surface area (TPSA) is 40.6 Å². The van der Waals surface area contributed by atoms with Crippen molar-refractivity contribution in [2.75, 3.05) is 18.0 Å². The zero-order chi connectivity index (χ0) is 19.0. The largest absolute Gasteiger partial charge is 0.325 e. The Morgan fingerprint density at radius 2 is 1.77 bits per heavy atom. The first-order valence-corrected chi connectivity index (χ1v) is 9.20. The fourth-order valence-corrected chi connectivity index (χ4v) is 3.60. The van der Waals surface area contributed by atoms with Gasteiger partial charge >= 0.3 is 0 Å². The molecule has 0 spiro atoms. The number of halogens is 2. The summed E-state index contributed by atoms with van der Waals surface area (Å²) in [5, 5.41) is 0.758. The van der Waals surface area contributed by atoms with E-state index >= 15 is 0 Å². The van der Waals surface area contributed by atoms with Crippen LogP contribution in [0.2, 0.25) is 10.0 Å². The van der Waals surface area contributed by atoms with Gasteiger partial charge in [-0.05, 0) is 62.2 Å². The molecule has 2 aromatic carbocycles. The van der Waals surface area contributed by atoms with Crippen molar-refractivity contribution in [2.24, 2.45) is 0 Å². The van der Waals surface area contributed by atoms with Crippen LogP contribution < -0.4 is 4.90 Å². The molecule has 3 rings (SSSR count). The summed E-state index contributed by atoms with van der Waals surface area (Å²) >= 11 is 12.1. The minimum Gasteiger partial charge on any atom is -0.325 e. The van der Waals surface area contributed by atoms with Gasteiger partial charge in [-0.1, -0.05) is 29.3 Å². The number of nitrogens with zero attached hydrogens (tertiary/aromatic N) is 2. The average molecular weight is 391 g/mol. The monoisotopic (exact) mass is 390 g/mol. The van der Waals surface area contributed by atoms with Crippen LogP contribution in [0, 0.1) is 13.8 Å². The number of hydrogen-bond donors (Lipinski definition) is 0. The second-order valence-electron chi connectivity index (χ2n) is 6.56. The lowest BCUT2D eigenvalue weighted by Gasteiger charge is -2.39. The van der Waals surface area contributed by atoms with Crippen LogP contribution in [0.5, 0.6) is 0 Å². The summed E-state index contributed by atoms with van der Waals surface area (Å²) in [6.07, 6.45) is 0. The van der Waals surface area contributed by atoms with Crippen molar-refractivity contribution in [1.82, 2.24) is 4.90 Å². The smallest absolute Gasteiger partial charge is 0.256 e. The lowest BCUT2D eigenvalue weighted by atomic mass is 10.1. The van der Waals surface area contributed by atoms with Crippen LogP contribution in [0.15, 0.2) is 36.4 Å². The molecule has 136 valence electrons. The van der Waals surface area contributed by atoms with E-state index < -0.39 is 6.04 Å². The lowest BCUT2D eigenvalue weighted by Crippen LogP contribution is -2.57. The Hall–Kier alpha value is -2.04. The van der Waals surface area contributed by atoms with E-state index in [0.717, 1.165) is 11.3 Å². The Morgan fingerprint density at radius 1 is 1.04 bits per heavy atom. The van der Waals surface area contributed by atoms with Crippen molar-refractivity contribution in [3.63, 3.8) is 0 Å². The van der Waals surface area contributed by atoms with Gasteiger partial charge in [-0.15, -0.1) is 0 Å². The Morgan fingerprint density at radius 3 is 2.42 bits per heavy atom. The molecule has 1 saturated heterocycles. The normalized spacial score (nSPS) is 17.6. The number of amides is 2. The maximum absolute atomic E-state index is 12.9. The van der Waals surface area contributed by atoms with Crippen LogP contribution in [-0.2, 0) is 4.79 Å².